The van der Waals surface area contributed by atoms with Crippen LogP contribution in [0.3, 0.4) is 0 Å². The number of anilines is 1. The number of carbonyl (C=O) groups is 2. The molecule has 1 aliphatic rings. The zero-order valence-electron chi connectivity index (χ0n) is 14.1. The number of ether oxygens (including phenoxy) is 1. The molecule has 2 atom stereocenters. The van der Waals surface area contributed by atoms with Crippen LogP contribution >= 0.6 is 0 Å². The first-order chi connectivity index (χ1) is 11.5. The molecule has 0 aliphatic heterocycles. The maximum Gasteiger partial charge on any atom is 0.319 e. The smallest absolute Gasteiger partial charge is 0.319 e. The summed E-state index contributed by atoms with van der Waals surface area (Å²) >= 11 is 0. The van der Waals surface area contributed by atoms with Crippen molar-refractivity contribution in [3.8, 4) is 0 Å². The second-order valence-electron chi connectivity index (χ2n) is 6.20. The lowest BCUT2D eigenvalue weighted by atomic mass is 9.93. The van der Waals surface area contributed by atoms with Gasteiger partial charge >= 0.3 is 12.0 Å². The second kappa shape index (κ2) is 9.27. The van der Waals surface area contributed by atoms with Crippen LogP contribution in [-0.4, -0.2) is 35.9 Å². The van der Waals surface area contributed by atoms with Gasteiger partial charge in [0.05, 0.1) is 18.8 Å². The molecule has 6 heteroatoms. The van der Waals surface area contributed by atoms with Gasteiger partial charge in [0.15, 0.2) is 0 Å². The van der Waals surface area contributed by atoms with Crippen LogP contribution in [0.5, 0.6) is 0 Å². The highest BCUT2D eigenvalue weighted by atomic mass is 16.5. The second-order valence-corrected chi connectivity index (χ2v) is 6.20. The summed E-state index contributed by atoms with van der Waals surface area (Å²) in [6.07, 6.45) is 4.64. The normalized spacial score (nSPS) is 20.2. The molecular weight excluding hydrogens is 308 g/mol. The van der Waals surface area contributed by atoms with Crippen LogP contribution in [0.15, 0.2) is 24.3 Å². The first-order valence-electron chi connectivity index (χ1n) is 8.52. The van der Waals surface area contributed by atoms with Crippen molar-refractivity contribution in [3.63, 3.8) is 0 Å². The molecule has 0 aromatic heterocycles. The van der Waals surface area contributed by atoms with Crippen LogP contribution in [0, 0.1) is 0 Å². The number of aryl methyl sites for hydroxylation is 1. The van der Waals surface area contributed by atoms with E-state index in [1.165, 1.54) is 6.92 Å². The minimum atomic E-state index is -0.461. The SMILES string of the molecule is CC(=O)OCCCc1cccc(NC(=O)NC2CCCCC2O)c1. The molecular formula is C18H26N2O4. The van der Waals surface area contributed by atoms with Gasteiger partial charge in [-0.2, -0.15) is 0 Å². The van der Waals surface area contributed by atoms with Crippen molar-refractivity contribution in [2.24, 2.45) is 0 Å². The van der Waals surface area contributed by atoms with Crippen molar-refractivity contribution in [3.05, 3.63) is 29.8 Å². The minimum Gasteiger partial charge on any atom is -0.466 e. The van der Waals surface area contributed by atoms with Crippen LogP contribution in [0.25, 0.3) is 0 Å². The van der Waals surface area contributed by atoms with Crippen molar-refractivity contribution in [1.29, 1.82) is 0 Å². The van der Waals surface area contributed by atoms with Crippen LogP contribution in [0.1, 0.15) is 44.6 Å². The molecule has 1 fully saturated rings. The summed E-state index contributed by atoms with van der Waals surface area (Å²) in [6, 6.07) is 7.12. The average molecular weight is 334 g/mol. The van der Waals surface area contributed by atoms with Gasteiger partial charge < -0.3 is 20.5 Å². The Kier molecular flexibility index (Phi) is 7.06. The van der Waals surface area contributed by atoms with Gasteiger partial charge in [-0.25, -0.2) is 4.79 Å². The maximum absolute atomic E-state index is 12.1. The molecule has 0 saturated heterocycles. The Morgan fingerprint density at radius 1 is 1.29 bits per heavy atom. The van der Waals surface area contributed by atoms with E-state index in [9.17, 15) is 14.7 Å². The van der Waals surface area contributed by atoms with Crippen molar-refractivity contribution < 1.29 is 19.4 Å². The molecule has 6 nitrogen and oxygen atoms in total. The highest BCUT2D eigenvalue weighted by molar-refractivity contribution is 5.89. The van der Waals surface area contributed by atoms with Gasteiger partial charge in [-0.1, -0.05) is 25.0 Å². The lowest BCUT2D eigenvalue weighted by molar-refractivity contribution is -0.141. The summed E-state index contributed by atoms with van der Waals surface area (Å²) in [7, 11) is 0. The van der Waals surface area contributed by atoms with Gasteiger partial charge in [-0.3, -0.25) is 4.79 Å². The number of aliphatic hydroxyl groups excluding tert-OH is 1. The maximum atomic E-state index is 12.1. The van der Waals surface area contributed by atoms with Crippen LogP contribution in [0.4, 0.5) is 10.5 Å². The molecule has 2 unspecified atom stereocenters. The van der Waals surface area contributed by atoms with E-state index in [1.807, 2.05) is 24.3 Å². The van der Waals surface area contributed by atoms with E-state index in [0.29, 0.717) is 12.3 Å². The molecule has 0 heterocycles. The van der Waals surface area contributed by atoms with Crippen molar-refractivity contribution in [2.45, 2.75) is 57.6 Å². The van der Waals surface area contributed by atoms with Crippen molar-refractivity contribution in [1.82, 2.24) is 5.32 Å². The van der Waals surface area contributed by atoms with Crippen LogP contribution < -0.4 is 10.6 Å². The molecule has 1 saturated carbocycles. The van der Waals surface area contributed by atoms with Gasteiger partial charge in [-0.05, 0) is 43.4 Å². The Morgan fingerprint density at radius 3 is 2.83 bits per heavy atom. The summed E-state index contributed by atoms with van der Waals surface area (Å²) in [5.74, 6) is -0.271. The van der Waals surface area contributed by atoms with Gasteiger partial charge in [0, 0.05) is 12.6 Å². The molecule has 2 amide bonds. The van der Waals surface area contributed by atoms with Crippen molar-refractivity contribution >= 4 is 17.7 Å². The molecule has 0 bridgehead atoms. The number of aliphatic hydroxyl groups is 1. The Labute approximate surface area is 142 Å². The number of esters is 1. The van der Waals surface area contributed by atoms with Crippen molar-refractivity contribution in [2.75, 3.05) is 11.9 Å². The van der Waals surface area contributed by atoms with Gasteiger partial charge in [0.25, 0.3) is 0 Å². The quantitative estimate of drug-likeness (QED) is 0.551. The number of hydrogen-bond donors (Lipinski definition) is 3. The third-order valence-corrected chi connectivity index (χ3v) is 4.15. The molecule has 0 radical (unpaired) electrons. The highest BCUT2D eigenvalue weighted by Gasteiger charge is 2.24. The predicted molar refractivity (Wildman–Crippen MR) is 91.8 cm³/mol. The number of nitrogens with one attached hydrogen (secondary N) is 2. The van der Waals surface area contributed by atoms with E-state index in [2.05, 4.69) is 10.6 Å². The van der Waals surface area contributed by atoms with E-state index < -0.39 is 6.10 Å². The first kappa shape index (κ1) is 18.3. The number of rotatable bonds is 6. The summed E-state index contributed by atoms with van der Waals surface area (Å²) < 4.78 is 4.91. The average Bonchev–Trinajstić information content (AvgIpc) is 2.54. The molecule has 3 N–H and O–H groups in total. The van der Waals surface area contributed by atoms with Gasteiger partial charge in [-0.15, -0.1) is 0 Å². The monoisotopic (exact) mass is 334 g/mol. The zero-order chi connectivity index (χ0) is 17.4. The standard InChI is InChI=1S/C18H26N2O4/c1-13(21)24-11-5-7-14-6-4-8-15(12-14)19-18(23)20-16-9-2-3-10-17(16)22/h4,6,8,12,16-17,22H,2-3,5,7,9-11H2,1H3,(H2,19,20,23). The molecule has 0 spiro atoms. The summed E-state index contributed by atoms with van der Waals surface area (Å²) in [4.78, 5) is 22.8. The Morgan fingerprint density at radius 2 is 2.08 bits per heavy atom. The van der Waals surface area contributed by atoms with Gasteiger partial charge in [0.2, 0.25) is 0 Å². The third-order valence-electron chi connectivity index (χ3n) is 4.15. The predicted octanol–water partition coefficient (Wildman–Crippen LogP) is 2.61. The molecule has 1 aliphatic carbocycles. The summed E-state index contributed by atoms with van der Waals surface area (Å²) in [6.45, 7) is 1.79. The molecule has 24 heavy (non-hydrogen) atoms. The Balaban J connectivity index is 1.80. The fourth-order valence-electron chi connectivity index (χ4n) is 2.91. The van der Waals surface area contributed by atoms with E-state index in [4.69, 9.17) is 4.74 Å². The van der Waals surface area contributed by atoms with Gasteiger partial charge in [0.1, 0.15) is 0 Å². The fraction of sp³-hybridized carbons (Fsp3) is 0.556. The Bertz CT molecular complexity index is 562. The van der Waals surface area contributed by atoms with E-state index in [-0.39, 0.29) is 18.0 Å². The van der Waals surface area contributed by atoms with E-state index in [0.717, 1.165) is 44.1 Å². The fourth-order valence-corrected chi connectivity index (χ4v) is 2.91. The van der Waals surface area contributed by atoms with E-state index >= 15 is 0 Å². The molecule has 132 valence electrons. The topological polar surface area (TPSA) is 87.7 Å². The summed E-state index contributed by atoms with van der Waals surface area (Å²) in [5.41, 5.74) is 1.78. The van der Waals surface area contributed by atoms with E-state index in [1.54, 1.807) is 0 Å². The zero-order valence-corrected chi connectivity index (χ0v) is 14.1. The first-order valence-corrected chi connectivity index (χ1v) is 8.52. The number of hydrogen-bond acceptors (Lipinski definition) is 4. The summed E-state index contributed by atoms with van der Waals surface area (Å²) in [5, 5.41) is 15.6. The Hall–Kier alpha value is -2.08. The number of carbonyl (C=O) groups excluding carboxylic acids is 2. The van der Waals surface area contributed by atoms with Crippen LogP contribution in [-0.2, 0) is 16.0 Å². The number of benzene rings is 1. The highest BCUT2D eigenvalue weighted by Crippen LogP contribution is 2.18. The lowest BCUT2D eigenvalue weighted by Gasteiger charge is -2.28. The minimum absolute atomic E-state index is 0.175. The lowest BCUT2D eigenvalue weighted by Crippen LogP contribution is -2.46. The molecule has 2 rings (SSSR count). The number of urea groups is 1. The molecule has 1 aromatic rings. The molecule has 1 aromatic carbocycles. The number of amides is 2. The van der Waals surface area contributed by atoms with Crippen LogP contribution in [0.2, 0.25) is 0 Å². The largest absolute Gasteiger partial charge is 0.466 e. The third kappa shape index (κ3) is 6.20.